The van der Waals surface area contributed by atoms with Crippen molar-refractivity contribution in [3.8, 4) is 11.5 Å². The molecule has 2 aromatic carbocycles. The Balaban J connectivity index is 1.65. The SMILES string of the molecule is CCC(=O)N1CC(C(=O)N2CCc3ccccc3C2)C(c2cc(OC)ccc2OC)C1. The molecule has 0 saturated carbocycles. The van der Waals surface area contributed by atoms with Crippen LogP contribution in [-0.2, 0) is 22.6 Å². The summed E-state index contributed by atoms with van der Waals surface area (Å²) in [6, 6.07) is 14.0. The second kappa shape index (κ2) is 9.00. The molecule has 6 nitrogen and oxygen atoms in total. The molecular weight excluding hydrogens is 392 g/mol. The van der Waals surface area contributed by atoms with Gasteiger partial charge >= 0.3 is 0 Å². The van der Waals surface area contributed by atoms with E-state index in [0.29, 0.717) is 38.3 Å². The van der Waals surface area contributed by atoms with Crippen molar-refractivity contribution in [3.63, 3.8) is 0 Å². The zero-order valence-corrected chi connectivity index (χ0v) is 18.5. The van der Waals surface area contributed by atoms with Gasteiger partial charge in [0, 0.05) is 44.1 Å². The molecule has 2 amide bonds. The fraction of sp³-hybridized carbons (Fsp3) is 0.440. The number of fused-ring (bicyclic) bond motifs is 1. The first-order chi connectivity index (χ1) is 15.0. The Morgan fingerprint density at radius 3 is 2.48 bits per heavy atom. The van der Waals surface area contributed by atoms with E-state index in [-0.39, 0.29) is 23.7 Å². The Morgan fingerprint density at radius 1 is 1.00 bits per heavy atom. The monoisotopic (exact) mass is 422 g/mol. The predicted octanol–water partition coefficient (Wildman–Crippen LogP) is 3.24. The molecule has 0 N–H and O–H groups in total. The summed E-state index contributed by atoms with van der Waals surface area (Å²) in [6.45, 7) is 4.14. The normalized spacial score (nSPS) is 20.4. The molecule has 0 radical (unpaired) electrons. The first-order valence-corrected chi connectivity index (χ1v) is 10.9. The molecule has 2 unspecified atom stereocenters. The number of rotatable bonds is 5. The lowest BCUT2D eigenvalue weighted by atomic mass is 9.86. The highest BCUT2D eigenvalue weighted by Gasteiger charge is 2.43. The molecule has 31 heavy (non-hydrogen) atoms. The topological polar surface area (TPSA) is 59.1 Å². The van der Waals surface area contributed by atoms with Gasteiger partial charge in [0.25, 0.3) is 0 Å². The minimum atomic E-state index is -0.304. The van der Waals surface area contributed by atoms with Crippen molar-refractivity contribution < 1.29 is 19.1 Å². The molecule has 0 spiro atoms. The van der Waals surface area contributed by atoms with Crippen molar-refractivity contribution in [1.29, 1.82) is 0 Å². The summed E-state index contributed by atoms with van der Waals surface area (Å²) in [5, 5.41) is 0. The zero-order valence-electron chi connectivity index (χ0n) is 18.5. The van der Waals surface area contributed by atoms with Crippen LogP contribution in [0.5, 0.6) is 11.5 Å². The van der Waals surface area contributed by atoms with Gasteiger partial charge in [-0.15, -0.1) is 0 Å². The predicted molar refractivity (Wildman–Crippen MR) is 118 cm³/mol. The maximum absolute atomic E-state index is 13.7. The van der Waals surface area contributed by atoms with Crippen LogP contribution in [0.1, 0.15) is 36.0 Å². The molecule has 2 aromatic rings. The number of hydrogen-bond acceptors (Lipinski definition) is 4. The van der Waals surface area contributed by atoms with Crippen LogP contribution in [0.4, 0.5) is 0 Å². The second-order valence-electron chi connectivity index (χ2n) is 8.25. The average molecular weight is 423 g/mol. The van der Waals surface area contributed by atoms with Gasteiger partial charge in [0.15, 0.2) is 0 Å². The van der Waals surface area contributed by atoms with Gasteiger partial charge in [0.05, 0.1) is 20.1 Å². The lowest BCUT2D eigenvalue weighted by Gasteiger charge is -2.32. The fourth-order valence-corrected chi connectivity index (χ4v) is 4.84. The Bertz CT molecular complexity index is 974. The third-order valence-corrected chi connectivity index (χ3v) is 6.57. The first kappa shape index (κ1) is 21.2. The van der Waals surface area contributed by atoms with Crippen molar-refractivity contribution >= 4 is 11.8 Å². The second-order valence-corrected chi connectivity index (χ2v) is 8.25. The van der Waals surface area contributed by atoms with Gasteiger partial charge < -0.3 is 19.3 Å². The van der Waals surface area contributed by atoms with Crippen molar-refractivity contribution in [2.24, 2.45) is 5.92 Å². The number of nitrogens with zero attached hydrogens (tertiary/aromatic N) is 2. The van der Waals surface area contributed by atoms with E-state index in [0.717, 1.165) is 17.7 Å². The minimum absolute atomic E-state index is 0.0751. The number of benzene rings is 2. The summed E-state index contributed by atoms with van der Waals surface area (Å²) in [6.07, 6.45) is 1.29. The van der Waals surface area contributed by atoms with Gasteiger partial charge in [0.2, 0.25) is 11.8 Å². The molecule has 6 heteroatoms. The lowest BCUT2D eigenvalue weighted by Crippen LogP contribution is -2.42. The highest BCUT2D eigenvalue weighted by molar-refractivity contribution is 5.84. The maximum Gasteiger partial charge on any atom is 0.228 e. The molecule has 2 atom stereocenters. The van der Waals surface area contributed by atoms with Gasteiger partial charge in [-0.05, 0) is 35.7 Å². The first-order valence-electron chi connectivity index (χ1n) is 10.9. The van der Waals surface area contributed by atoms with E-state index in [9.17, 15) is 9.59 Å². The van der Waals surface area contributed by atoms with Crippen molar-refractivity contribution in [3.05, 3.63) is 59.2 Å². The van der Waals surface area contributed by atoms with Crippen molar-refractivity contribution in [2.45, 2.75) is 32.2 Å². The summed E-state index contributed by atoms with van der Waals surface area (Å²) in [5.41, 5.74) is 3.44. The van der Waals surface area contributed by atoms with E-state index in [2.05, 4.69) is 12.1 Å². The Morgan fingerprint density at radius 2 is 1.77 bits per heavy atom. The van der Waals surface area contributed by atoms with E-state index < -0.39 is 0 Å². The van der Waals surface area contributed by atoms with E-state index in [1.54, 1.807) is 14.2 Å². The molecule has 2 aliphatic heterocycles. The third-order valence-electron chi connectivity index (χ3n) is 6.57. The van der Waals surface area contributed by atoms with Crippen LogP contribution >= 0.6 is 0 Å². The number of amides is 2. The largest absolute Gasteiger partial charge is 0.497 e. The number of carbonyl (C=O) groups is 2. The highest BCUT2D eigenvalue weighted by atomic mass is 16.5. The van der Waals surface area contributed by atoms with Crippen LogP contribution in [0.25, 0.3) is 0 Å². The number of ether oxygens (including phenoxy) is 2. The summed E-state index contributed by atoms with van der Waals surface area (Å²) >= 11 is 0. The van der Waals surface area contributed by atoms with Crippen LogP contribution in [0.15, 0.2) is 42.5 Å². The molecular formula is C25H30N2O4. The van der Waals surface area contributed by atoms with Crippen LogP contribution < -0.4 is 9.47 Å². The summed E-state index contributed by atoms with van der Waals surface area (Å²) < 4.78 is 11.0. The van der Waals surface area contributed by atoms with Crippen LogP contribution in [0.3, 0.4) is 0 Å². The Hall–Kier alpha value is -3.02. The van der Waals surface area contributed by atoms with Crippen molar-refractivity contribution in [2.75, 3.05) is 33.9 Å². The van der Waals surface area contributed by atoms with Gasteiger partial charge in [-0.25, -0.2) is 0 Å². The fourth-order valence-electron chi connectivity index (χ4n) is 4.84. The Kier molecular flexibility index (Phi) is 6.16. The zero-order chi connectivity index (χ0) is 22.0. The van der Waals surface area contributed by atoms with Crippen LogP contribution in [-0.4, -0.2) is 55.5 Å². The average Bonchev–Trinajstić information content (AvgIpc) is 3.27. The molecule has 1 fully saturated rings. The van der Waals surface area contributed by atoms with E-state index in [1.165, 1.54) is 11.1 Å². The quantitative estimate of drug-likeness (QED) is 0.742. The van der Waals surface area contributed by atoms with Crippen LogP contribution in [0.2, 0.25) is 0 Å². The van der Waals surface area contributed by atoms with Crippen molar-refractivity contribution in [1.82, 2.24) is 9.80 Å². The van der Waals surface area contributed by atoms with E-state index in [1.807, 2.05) is 47.1 Å². The molecule has 2 aliphatic rings. The lowest BCUT2D eigenvalue weighted by molar-refractivity contribution is -0.137. The minimum Gasteiger partial charge on any atom is -0.497 e. The summed E-state index contributed by atoms with van der Waals surface area (Å²) in [4.78, 5) is 30.0. The molecule has 0 bridgehead atoms. The molecule has 0 aliphatic carbocycles. The van der Waals surface area contributed by atoms with Crippen LogP contribution in [0, 0.1) is 5.92 Å². The summed E-state index contributed by atoms with van der Waals surface area (Å²) in [7, 11) is 3.26. The Labute approximate surface area is 183 Å². The van der Waals surface area contributed by atoms with Gasteiger partial charge in [-0.2, -0.15) is 0 Å². The number of hydrogen-bond donors (Lipinski definition) is 0. The number of likely N-dealkylation sites (tertiary alicyclic amines) is 1. The standard InChI is InChI=1S/C25H30N2O4/c1-4-24(28)27-15-21(20-13-19(30-2)9-10-23(20)31-3)22(16-27)25(29)26-12-11-17-7-5-6-8-18(17)14-26/h5-10,13,21-22H,4,11-12,14-16H2,1-3H3. The number of methoxy groups -OCH3 is 2. The molecule has 164 valence electrons. The molecule has 1 saturated heterocycles. The van der Waals surface area contributed by atoms with E-state index in [4.69, 9.17) is 9.47 Å². The smallest absolute Gasteiger partial charge is 0.228 e. The molecule has 2 heterocycles. The third kappa shape index (κ3) is 4.11. The van der Waals surface area contributed by atoms with Gasteiger partial charge in [-0.3, -0.25) is 9.59 Å². The highest BCUT2D eigenvalue weighted by Crippen LogP contribution is 2.40. The maximum atomic E-state index is 13.7. The molecule has 4 rings (SSSR count). The van der Waals surface area contributed by atoms with E-state index >= 15 is 0 Å². The van der Waals surface area contributed by atoms with Gasteiger partial charge in [-0.1, -0.05) is 31.2 Å². The number of carbonyl (C=O) groups excluding carboxylic acids is 2. The summed E-state index contributed by atoms with van der Waals surface area (Å²) in [5.74, 6) is 1.18. The van der Waals surface area contributed by atoms with Gasteiger partial charge in [0.1, 0.15) is 11.5 Å². The molecule has 0 aromatic heterocycles.